The molecule has 1 amide bonds. The molecular formula is C13H17F2NO2. The molecule has 0 bridgehead atoms. The van der Waals surface area contributed by atoms with Crippen LogP contribution in [0.4, 0.5) is 8.78 Å². The van der Waals surface area contributed by atoms with Gasteiger partial charge in [0.05, 0.1) is 5.56 Å². The predicted octanol–water partition coefficient (Wildman–Crippen LogP) is 2.25. The molecule has 18 heavy (non-hydrogen) atoms. The van der Waals surface area contributed by atoms with Crippen molar-refractivity contribution in [2.75, 3.05) is 6.61 Å². The van der Waals surface area contributed by atoms with Crippen LogP contribution in [0.25, 0.3) is 0 Å². The van der Waals surface area contributed by atoms with Gasteiger partial charge in [0.2, 0.25) is 0 Å². The fourth-order valence-corrected chi connectivity index (χ4v) is 1.59. The van der Waals surface area contributed by atoms with Crippen LogP contribution in [0.5, 0.6) is 0 Å². The van der Waals surface area contributed by atoms with Gasteiger partial charge in [-0.25, -0.2) is 8.78 Å². The van der Waals surface area contributed by atoms with Crippen molar-refractivity contribution in [3.05, 3.63) is 35.4 Å². The van der Waals surface area contributed by atoms with Crippen LogP contribution < -0.4 is 5.32 Å². The van der Waals surface area contributed by atoms with E-state index in [2.05, 4.69) is 5.32 Å². The van der Waals surface area contributed by atoms with Crippen molar-refractivity contribution in [3.8, 4) is 0 Å². The molecule has 0 radical (unpaired) electrons. The summed E-state index contributed by atoms with van der Waals surface area (Å²) in [6.07, 6.45) is 0.933. The number of halogens is 2. The highest BCUT2D eigenvalue weighted by atomic mass is 19.1. The molecule has 0 aromatic heterocycles. The van der Waals surface area contributed by atoms with E-state index in [1.807, 2.05) is 6.92 Å². The second-order valence-corrected chi connectivity index (χ2v) is 4.47. The molecule has 0 aliphatic carbocycles. The van der Waals surface area contributed by atoms with E-state index in [9.17, 15) is 13.6 Å². The van der Waals surface area contributed by atoms with Crippen molar-refractivity contribution >= 4 is 5.91 Å². The summed E-state index contributed by atoms with van der Waals surface area (Å²) in [6, 6.07) is 2.73. The first-order valence-electron chi connectivity index (χ1n) is 5.80. The van der Waals surface area contributed by atoms with Crippen molar-refractivity contribution in [1.82, 2.24) is 5.32 Å². The normalized spacial score (nSPS) is 14.1. The number of nitrogens with one attached hydrogen (secondary N) is 1. The zero-order chi connectivity index (χ0) is 13.8. The average molecular weight is 257 g/mol. The first kappa shape index (κ1) is 14.6. The van der Waals surface area contributed by atoms with Gasteiger partial charge >= 0.3 is 0 Å². The Kier molecular flexibility index (Phi) is 4.78. The molecule has 1 unspecified atom stereocenters. The lowest BCUT2D eigenvalue weighted by Crippen LogP contribution is -2.46. The summed E-state index contributed by atoms with van der Waals surface area (Å²) in [4.78, 5) is 11.9. The van der Waals surface area contributed by atoms with Crippen LogP contribution in [0.1, 0.15) is 37.0 Å². The number of hydrogen-bond acceptors (Lipinski definition) is 2. The van der Waals surface area contributed by atoms with E-state index in [0.29, 0.717) is 12.8 Å². The van der Waals surface area contributed by atoms with Gasteiger partial charge in [-0.1, -0.05) is 6.92 Å². The van der Waals surface area contributed by atoms with Crippen LogP contribution in [0, 0.1) is 11.6 Å². The van der Waals surface area contributed by atoms with Gasteiger partial charge in [0.1, 0.15) is 11.6 Å². The number of aliphatic hydroxyl groups excluding tert-OH is 1. The third-order valence-electron chi connectivity index (χ3n) is 3.03. The molecule has 0 saturated heterocycles. The molecule has 1 aromatic carbocycles. The number of carbonyl (C=O) groups excluding carboxylic acids is 1. The van der Waals surface area contributed by atoms with E-state index < -0.39 is 23.1 Å². The van der Waals surface area contributed by atoms with Crippen LogP contribution in [0.15, 0.2) is 18.2 Å². The molecule has 0 fully saturated rings. The summed E-state index contributed by atoms with van der Waals surface area (Å²) in [5.74, 6) is -2.11. The Labute approximate surface area is 105 Å². The lowest BCUT2D eigenvalue weighted by atomic mass is 9.94. The highest BCUT2D eigenvalue weighted by Gasteiger charge is 2.25. The molecule has 2 N–H and O–H groups in total. The van der Waals surface area contributed by atoms with Crippen molar-refractivity contribution < 1.29 is 18.7 Å². The Morgan fingerprint density at radius 1 is 1.44 bits per heavy atom. The largest absolute Gasteiger partial charge is 0.396 e. The van der Waals surface area contributed by atoms with E-state index >= 15 is 0 Å². The minimum Gasteiger partial charge on any atom is -0.396 e. The lowest BCUT2D eigenvalue weighted by molar-refractivity contribution is 0.0881. The van der Waals surface area contributed by atoms with Gasteiger partial charge in [-0.3, -0.25) is 4.79 Å². The Morgan fingerprint density at radius 2 is 2.11 bits per heavy atom. The first-order valence-corrected chi connectivity index (χ1v) is 5.80. The predicted molar refractivity (Wildman–Crippen MR) is 64.2 cm³/mol. The van der Waals surface area contributed by atoms with E-state index in [1.54, 1.807) is 6.92 Å². The molecule has 1 atom stereocenters. The van der Waals surface area contributed by atoms with Crippen molar-refractivity contribution in [2.45, 2.75) is 32.2 Å². The smallest absolute Gasteiger partial charge is 0.254 e. The Balaban J connectivity index is 2.90. The van der Waals surface area contributed by atoms with Crippen molar-refractivity contribution in [2.24, 2.45) is 0 Å². The highest BCUT2D eigenvalue weighted by Crippen LogP contribution is 2.16. The molecule has 0 heterocycles. The number of benzene rings is 1. The molecule has 100 valence electrons. The maximum absolute atomic E-state index is 13.4. The number of rotatable bonds is 5. The summed E-state index contributed by atoms with van der Waals surface area (Å²) in [5, 5.41) is 11.6. The fraction of sp³-hybridized carbons (Fsp3) is 0.462. The Morgan fingerprint density at radius 3 is 2.67 bits per heavy atom. The zero-order valence-corrected chi connectivity index (χ0v) is 10.5. The summed E-state index contributed by atoms with van der Waals surface area (Å²) in [7, 11) is 0. The monoisotopic (exact) mass is 257 g/mol. The average Bonchev–Trinajstić information content (AvgIpc) is 2.32. The van der Waals surface area contributed by atoms with Gasteiger partial charge in [0.25, 0.3) is 5.91 Å². The van der Waals surface area contributed by atoms with Crippen LogP contribution in [0.2, 0.25) is 0 Å². The van der Waals surface area contributed by atoms with Crippen molar-refractivity contribution in [3.63, 3.8) is 0 Å². The summed E-state index contributed by atoms with van der Waals surface area (Å²) in [5.41, 5.74) is -0.961. The van der Waals surface area contributed by atoms with Crippen LogP contribution >= 0.6 is 0 Å². The van der Waals surface area contributed by atoms with Crippen LogP contribution in [-0.4, -0.2) is 23.2 Å². The standard InChI is InChI=1S/C13H17F2NO2/c1-3-13(2,6-7-17)16-12(18)10-8-9(14)4-5-11(10)15/h4-5,8,17H,3,6-7H2,1-2H3,(H,16,18). The first-order chi connectivity index (χ1) is 8.41. The number of carbonyl (C=O) groups is 1. The maximum atomic E-state index is 13.4. The molecule has 3 nitrogen and oxygen atoms in total. The molecule has 1 rings (SSSR count). The topological polar surface area (TPSA) is 49.3 Å². The fourth-order valence-electron chi connectivity index (χ4n) is 1.59. The second-order valence-electron chi connectivity index (χ2n) is 4.47. The quantitative estimate of drug-likeness (QED) is 0.850. The number of hydrogen-bond donors (Lipinski definition) is 2. The van der Waals surface area contributed by atoms with Crippen LogP contribution in [0.3, 0.4) is 0 Å². The van der Waals surface area contributed by atoms with E-state index in [1.165, 1.54) is 0 Å². The van der Waals surface area contributed by atoms with Gasteiger partial charge < -0.3 is 10.4 Å². The van der Waals surface area contributed by atoms with Gasteiger partial charge in [-0.15, -0.1) is 0 Å². The lowest BCUT2D eigenvalue weighted by Gasteiger charge is -2.29. The van der Waals surface area contributed by atoms with Gasteiger partial charge in [-0.2, -0.15) is 0 Å². The molecule has 0 aliphatic rings. The summed E-state index contributed by atoms with van der Waals surface area (Å²) >= 11 is 0. The Bertz CT molecular complexity index is 437. The minimum absolute atomic E-state index is 0.0871. The maximum Gasteiger partial charge on any atom is 0.254 e. The number of amides is 1. The number of aliphatic hydroxyl groups is 1. The van der Waals surface area contributed by atoms with E-state index in [4.69, 9.17) is 5.11 Å². The molecular weight excluding hydrogens is 240 g/mol. The van der Waals surface area contributed by atoms with Gasteiger partial charge in [0, 0.05) is 12.1 Å². The zero-order valence-electron chi connectivity index (χ0n) is 10.5. The third-order valence-corrected chi connectivity index (χ3v) is 3.03. The van der Waals surface area contributed by atoms with Crippen LogP contribution in [-0.2, 0) is 0 Å². The molecule has 1 aromatic rings. The molecule has 0 saturated carbocycles. The molecule has 0 spiro atoms. The van der Waals surface area contributed by atoms with Crippen molar-refractivity contribution in [1.29, 1.82) is 0 Å². The van der Waals surface area contributed by atoms with E-state index in [-0.39, 0.29) is 12.2 Å². The molecule has 5 heteroatoms. The van der Waals surface area contributed by atoms with E-state index in [0.717, 1.165) is 18.2 Å². The molecule has 0 aliphatic heterocycles. The third kappa shape index (κ3) is 3.50. The minimum atomic E-state index is -0.767. The highest BCUT2D eigenvalue weighted by molar-refractivity contribution is 5.94. The SMILES string of the molecule is CCC(C)(CCO)NC(=O)c1cc(F)ccc1F. The summed E-state index contributed by atoms with van der Waals surface area (Å²) in [6.45, 7) is 3.51. The van der Waals surface area contributed by atoms with Gasteiger partial charge in [0.15, 0.2) is 0 Å². The Hall–Kier alpha value is -1.49. The second kappa shape index (κ2) is 5.91. The van der Waals surface area contributed by atoms with Gasteiger partial charge in [-0.05, 0) is 38.0 Å². The summed E-state index contributed by atoms with van der Waals surface area (Å²) < 4.78 is 26.4.